The van der Waals surface area contributed by atoms with E-state index in [9.17, 15) is 9.59 Å². The molecule has 9 nitrogen and oxygen atoms in total. The average Bonchev–Trinajstić information content (AvgIpc) is 3.49. The fourth-order valence-electron chi connectivity index (χ4n) is 4.95. The second kappa shape index (κ2) is 10.2. The van der Waals surface area contributed by atoms with Crippen molar-refractivity contribution in [3.63, 3.8) is 0 Å². The molecule has 1 unspecified atom stereocenters. The molecule has 2 aromatic rings. The number of benzene rings is 1. The minimum atomic E-state index is -0.920. The van der Waals surface area contributed by atoms with E-state index in [4.69, 9.17) is 6.42 Å². The number of nitrogens with one attached hydrogen (secondary N) is 1. The van der Waals surface area contributed by atoms with Crippen LogP contribution in [0.4, 0.5) is 0 Å². The Bertz CT molecular complexity index is 1180. The van der Waals surface area contributed by atoms with Gasteiger partial charge >= 0.3 is 0 Å². The number of amides is 2. The second-order valence-electron chi connectivity index (χ2n) is 10.8. The zero-order chi connectivity index (χ0) is 25.9. The molecule has 2 atom stereocenters. The van der Waals surface area contributed by atoms with E-state index in [1.807, 2.05) is 32.9 Å². The van der Waals surface area contributed by atoms with Crippen LogP contribution in [0.25, 0.3) is 0 Å². The third-order valence-electron chi connectivity index (χ3n) is 6.68. The lowest BCUT2D eigenvalue weighted by Gasteiger charge is -2.40. The predicted molar refractivity (Wildman–Crippen MR) is 135 cm³/mol. The smallest absolute Gasteiger partial charge is 0.249 e. The van der Waals surface area contributed by atoms with Gasteiger partial charge in [-0.05, 0) is 51.2 Å². The SMILES string of the molecule is C#CCCC1(CCC(=O)N(C(C(=O)NC(C)(C)C)c2cn(C)nn2)[C@H]2CCCc3ccccc32)N=N1. The summed E-state index contributed by atoms with van der Waals surface area (Å²) in [7, 11) is 1.75. The topological polar surface area (TPSA) is 105 Å². The maximum absolute atomic E-state index is 14.1. The summed E-state index contributed by atoms with van der Waals surface area (Å²) in [4.78, 5) is 29.6. The van der Waals surface area contributed by atoms with Crippen molar-refractivity contribution in [3.05, 3.63) is 47.3 Å². The van der Waals surface area contributed by atoms with Gasteiger partial charge in [0.25, 0.3) is 0 Å². The molecule has 0 saturated heterocycles. The Morgan fingerprint density at radius 2 is 2.03 bits per heavy atom. The molecule has 1 aliphatic heterocycles. The molecular weight excluding hydrogens is 454 g/mol. The van der Waals surface area contributed by atoms with Crippen LogP contribution in [-0.2, 0) is 23.1 Å². The van der Waals surface area contributed by atoms with Crippen LogP contribution in [0, 0.1) is 12.3 Å². The van der Waals surface area contributed by atoms with Crippen LogP contribution in [0.1, 0.15) is 88.2 Å². The van der Waals surface area contributed by atoms with Gasteiger partial charge in [-0.2, -0.15) is 10.2 Å². The molecule has 1 aliphatic carbocycles. The van der Waals surface area contributed by atoms with Crippen molar-refractivity contribution in [2.24, 2.45) is 17.3 Å². The summed E-state index contributed by atoms with van der Waals surface area (Å²) >= 11 is 0. The lowest BCUT2D eigenvalue weighted by atomic mass is 9.85. The molecule has 0 bridgehead atoms. The Kier molecular flexibility index (Phi) is 7.25. The summed E-state index contributed by atoms with van der Waals surface area (Å²) in [6.07, 6.45) is 11.6. The minimum Gasteiger partial charge on any atom is -0.349 e. The summed E-state index contributed by atoms with van der Waals surface area (Å²) < 4.78 is 1.56. The van der Waals surface area contributed by atoms with Gasteiger partial charge in [-0.25, -0.2) is 0 Å². The fraction of sp³-hybridized carbons (Fsp3) is 0.556. The van der Waals surface area contributed by atoms with Gasteiger partial charge in [0.1, 0.15) is 5.69 Å². The van der Waals surface area contributed by atoms with E-state index in [0.29, 0.717) is 25.0 Å². The maximum atomic E-state index is 14.1. The van der Waals surface area contributed by atoms with Crippen molar-refractivity contribution < 1.29 is 9.59 Å². The molecule has 0 radical (unpaired) electrons. The fourth-order valence-corrected chi connectivity index (χ4v) is 4.95. The molecule has 4 rings (SSSR count). The van der Waals surface area contributed by atoms with E-state index in [1.54, 1.807) is 22.8 Å². The first-order valence-electron chi connectivity index (χ1n) is 12.6. The number of fused-ring (bicyclic) bond motifs is 1. The Morgan fingerprint density at radius 3 is 2.67 bits per heavy atom. The van der Waals surface area contributed by atoms with Gasteiger partial charge < -0.3 is 10.2 Å². The number of rotatable bonds is 9. The highest BCUT2D eigenvalue weighted by molar-refractivity contribution is 5.89. The van der Waals surface area contributed by atoms with Gasteiger partial charge in [0.2, 0.25) is 11.8 Å². The Morgan fingerprint density at radius 1 is 1.28 bits per heavy atom. The van der Waals surface area contributed by atoms with E-state index in [0.717, 1.165) is 24.8 Å². The van der Waals surface area contributed by atoms with Crippen molar-refractivity contribution in [1.82, 2.24) is 25.2 Å². The molecule has 0 fully saturated rings. The quantitative estimate of drug-likeness (QED) is 0.537. The van der Waals surface area contributed by atoms with Gasteiger partial charge in [0, 0.05) is 38.3 Å². The summed E-state index contributed by atoms with van der Waals surface area (Å²) in [5.41, 5.74) is 1.67. The highest BCUT2D eigenvalue weighted by Gasteiger charge is 2.44. The number of hydrogen-bond acceptors (Lipinski definition) is 6. The summed E-state index contributed by atoms with van der Waals surface area (Å²) in [5.74, 6) is 2.22. The van der Waals surface area contributed by atoms with Gasteiger partial charge in [-0.1, -0.05) is 29.5 Å². The third kappa shape index (κ3) is 5.81. The van der Waals surface area contributed by atoms with Crippen LogP contribution in [-0.4, -0.2) is 42.9 Å². The number of aromatic nitrogens is 3. The van der Waals surface area contributed by atoms with Crippen LogP contribution >= 0.6 is 0 Å². The van der Waals surface area contributed by atoms with E-state index >= 15 is 0 Å². The van der Waals surface area contributed by atoms with E-state index < -0.39 is 17.2 Å². The Labute approximate surface area is 212 Å². The third-order valence-corrected chi connectivity index (χ3v) is 6.68. The standard InChI is InChI=1S/C27H35N7O2/c1-6-7-16-27(30-31-27)17-15-23(35)34(22-14-10-12-19-11-8-9-13-20(19)22)24(21-18-33(5)32-29-21)25(36)28-26(2,3)4/h1,8-9,11,13,18,22,24H,7,10,12,14-17H2,2-5H3,(H,28,36)/t22-,24?/m0/s1. The van der Waals surface area contributed by atoms with Crippen molar-refractivity contribution in [2.45, 2.75) is 89.0 Å². The Hall–Kier alpha value is -3.54. The summed E-state index contributed by atoms with van der Waals surface area (Å²) in [6, 6.07) is 7.00. The van der Waals surface area contributed by atoms with Crippen LogP contribution < -0.4 is 5.32 Å². The highest BCUT2D eigenvalue weighted by atomic mass is 16.2. The number of carbonyl (C=O) groups is 2. The average molecular weight is 490 g/mol. The van der Waals surface area contributed by atoms with E-state index in [1.165, 1.54) is 5.56 Å². The molecule has 1 aromatic heterocycles. The largest absolute Gasteiger partial charge is 0.349 e. The van der Waals surface area contributed by atoms with Crippen LogP contribution in [0.15, 0.2) is 40.7 Å². The maximum Gasteiger partial charge on any atom is 0.249 e. The zero-order valence-corrected chi connectivity index (χ0v) is 21.6. The molecular formula is C27H35N7O2. The first kappa shape index (κ1) is 25.5. The number of aryl methyl sites for hydroxylation is 2. The molecule has 2 heterocycles. The Balaban J connectivity index is 1.72. The number of nitrogens with zero attached hydrogens (tertiary/aromatic N) is 6. The van der Waals surface area contributed by atoms with Gasteiger partial charge in [0.15, 0.2) is 11.7 Å². The predicted octanol–water partition coefficient (Wildman–Crippen LogP) is 4.03. The highest BCUT2D eigenvalue weighted by Crippen LogP contribution is 2.42. The van der Waals surface area contributed by atoms with Gasteiger partial charge in [-0.15, -0.1) is 17.4 Å². The summed E-state index contributed by atoms with van der Waals surface area (Å²) in [6.45, 7) is 5.77. The zero-order valence-electron chi connectivity index (χ0n) is 21.6. The van der Waals surface area contributed by atoms with Crippen LogP contribution in [0.2, 0.25) is 0 Å². The lowest BCUT2D eigenvalue weighted by Crippen LogP contribution is -2.50. The van der Waals surface area contributed by atoms with Gasteiger partial charge in [0.05, 0.1) is 12.2 Å². The van der Waals surface area contributed by atoms with Crippen molar-refractivity contribution >= 4 is 11.8 Å². The van der Waals surface area contributed by atoms with Crippen LogP contribution in [0.3, 0.4) is 0 Å². The molecule has 36 heavy (non-hydrogen) atoms. The summed E-state index contributed by atoms with van der Waals surface area (Å²) in [5, 5.41) is 19.8. The first-order valence-corrected chi connectivity index (χ1v) is 12.6. The monoisotopic (exact) mass is 489 g/mol. The minimum absolute atomic E-state index is 0.131. The molecule has 1 N–H and O–H groups in total. The normalized spacial score (nSPS) is 18.6. The molecule has 1 aromatic carbocycles. The van der Waals surface area contributed by atoms with Crippen molar-refractivity contribution in [3.8, 4) is 12.3 Å². The number of hydrogen-bond donors (Lipinski definition) is 1. The molecule has 2 aliphatic rings. The molecule has 9 heteroatoms. The second-order valence-corrected chi connectivity index (χ2v) is 10.8. The molecule has 0 saturated carbocycles. The molecule has 0 spiro atoms. The number of terminal acetylenes is 1. The van der Waals surface area contributed by atoms with Crippen LogP contribution in [0.5, 0.6) is 0 Å². The van der Waals surface area contributed by atoms with E-state index in [2.05, 4.69) is 43.9 Å². The van der Waals surface area contributed by atoms with Crippen molar-refractivity contribution in [2.75, 3.05) is 0 Å². The van der Waals surface area contributed by atoms with E-state index in [-0.39, 0.29) is 24.3 Å². The van der Waals surface area contributed by atoms with Gasteiger partial charge in [-0.3, -0.25) is 14.3 Å². The first-order chi connectivity index (χ1) is 17.1. The molecule has 190 valence electrons. The number of carbonyl (C=O) groups excluding carboxylic acids is 2. The molecule has 2 amide bonds. The van der Waals surface area contributed by atoms with Crippen molar-refractivity contribution in [1.29, 1.82) is 0 Å². The lowest BCUT2D eigenvalue weighted by molar-refractivity contribution is -0.145.